The number of methoxy groups -OCH3 is 2. The number of nitrogens with one attached hydrogen (secondary N) is 1. The van der Waals surface area contributed by atoms with Crippen LogP contribution < -0.4 is 14.4 Å². The number of anilines is 1. The van der Waals surface area contributed by atoms with Crippen LogP contribution in [0.4, 0.5) is 5.95 Å². The molecule has 9 heteroatoms. The Labute approximate surface area is 200 Å². The van der Waals surface area contributed by atoms with Gasteiger partial charge < -0.3 is 19.6 Å². The van der Waals surface area contributed by atoms with Gasteiger partial charge in [0, 0.05) is 12.3 Å². The van der Waals surface area contributed by atoms with Crippen molar-refractivity contribution in [1.29, 1.82) is 0 Å². The van der Waals surface area contributed by atoms with Gasteiger partial charge in [0.25, 0.3) is 5.78 Å². The monoisotopic (exact) mass is 470 g/mol. The molecular weight excluding hydrogens is 448 g/mol. The number of hydrogen-bond donors (Lipinski definition) is 2. The molecular formula is C26H22N4O5. The van der Waals surface area contributed by atoms with Gasteiger partial charge in [0.05, 0.1) is 42.1 Å². The highest BCUT2D eigenvalue weighted by Gasteiger charge is 2.49. The zero-order valence-electron chi connectivity index (χ0n) is 19.3. The molecule has 3 heterocycles. The van der Waals surface area contributed by atoms with E-state index >= 15 is 0 Å². The van der Waals surface area contributed by atoms with Gasteiger partial charge in [-0.2, -0.15) is 0 Å². The van der Waals surface area contributed by atoms with E-state index in [0.717, 1.165) is 11.1 Å². The molecule has 0 bridgehead atoms. The summed E-state index contributed by atoms with van der Waals surface area (Å²) in [5.74, 6) is -1.08. The zero-order chi connectivity index (χ0) is 24.7. The fourth-order valence-corrected chi connectivity index (χ4v) is 4.23. The summed E-state index contributed by atoms with van der Waals surface area (Å²) in [4.78, 5) is 40.0. The van der Waals surface area contributed by atoms with Crippen LogP contribution in [0.15, 0.2) is 66.4 Å². The number of benzene rings is 2. The SMILES string of the molecule is COc1ccc(/C(O)=C2\C(=O)C(=O)N(c3nc4ccc(C)cc4[nH]3)C2c2ccccn2)c(OC)c1. The number of Topliss-reactive ketones (excluding diaryl/α,β-unsaturated/α-hetero) is 1. The van der Waals surface area contributed by atoms with Crippen molar-refractivity contribution < 1.29 is 24.2 Å². The quantitative estimate of drug-likeness (QED) is 0.258. The molecule has 2 aromatic heterocycles. The minimum atomic E-state index is -1.01. The lowest BCUT2D eigenvalue weighted by atomic mass is 9.98. The van der Waals surface area contributed by atoms with Crippen molar-refractivity contribution in [2.45, 2.75) is 13.0 Å². The van der Waals surface area contributed by atoms with Crippen LogP contribution in [0.2, 0.25) is 0 Å². The summed E-state index contributed by atoms with van der Waals surface area (Å²) in [5, 5.41) is 11.4. The molecule has 0 spiro atoms. The number of aliphatic hydroxyl groups excluding tert-OH is 1. The molecule has 1 aliphatic heterocycles. The second-order valence-electron chi connectivity index (χ2n) is 8.07. The predicted octanol–water partition coefficient (Wildman–Crippen LogP) is 3.91. The topological polar surface area (TPSA) is 118 Å². The number of H-pyrrole nitrogens is 1. The second kappa shape index (κ2) is 8.60. The van der Waals surface area contributed by atoms with Gasteiger partial charge in [-0.15, -0.1) is 0 Å². The van der Waals surface area contributed by atoms with E-state index in [0.29, 0.717) is 17.0 Å². The minimum absolute atomic E-state index is 0.117. The van der Waals surface area contributed by atoms with Crippen LogP contribution >= 0.6 is 0 Å². The number of hydrogen-bond acceptors (Lipinski definition) is 7. The lowest BCUT2D eigenvalue weighted by Gasteiger charge is -2.22. The summed E-state index contributed by atoms with van der Waals surface area (Å²) < 4.78 is 10.6. The first-order valence-electron chi connectivity index (χ1n) is 10.8. The van der Waals surface area contributed by atoms with Crippen LogP contribution in [0.3, 0.4) is 0 Å². The van der Waals surface area contributed by atoms with Crippen molar-refractivity contribution in [1.82, 2.24) is 15.0 Å². The maximum atomic E-state index is 13.3. The Hall–Kier alpha value is -4.66. The number of aromatic amines is 1. The van der Waals surface area contributed by atoms with Crippen molar-refractivity contribution in [3.8, 4) is 11.5 Å². The summed E-state index contributed by atoms with van der Waals surface area (Å²) in [6.07, 6.45) is 1.56. The van der Waals surface area contributed by atoms with Crippen LogP contribution in [0.25, 0.3) is 16.8 Å². The average molecular weight is 470 g/mol. The van der Waals surface area contributed by atoms with Crippen LogP contribution in [0.1, 0.15) is 22.9 Å². The lowest BCUT2D eigenvalue weighted by molar-refractivity contribution is -0.132. The molecule has 0 saturated carbocycles. The highest BCUT2D eigenvalue weighted by Crippen LogP contribution is 2.42. The van der Waals surface area contributed by atoms with Gasteiger partial charge in [-0.05, 0) is 48.9 Å². The molecule has 1 atom stereocenters. The van der Waals surface area contributed by atoms with Crippen LogP contribution in [-0.4, -0.2) is 46.0 Å². The summed E-state index contributed by atoms with van der Waals surface area (Å²) in [7, 11) is 2.95. The molecule has 1 fully saturated rings. The molecule has 1 saturated heterocycles. The van der Waals surface area contributed by atoms with Gasteiger partial charge in [0.15, 0.2) is 0 Å². The lowest BCUT2D eigenvalue weighted by Crippen LogP contribution is -2.30. The molecule has 2 aromatic carbocycles. The first-order chi connectivity index (χ1) is 16.9. The number of fused-ring (bicyclic) bond motifs is 1. The number of amides is 1. The number of aromatic nitrogens is 3. The van der Waals surface area contributed by atoms with Crippen molar-refractivity contribution in [2.24, 2.45) is 0 Å². The number of carbonyl (C=O) groups excluding carboxylic acids is 2. The Morgan fingerprint density at radius 2 is 1.89 bits per heavy atom. The summed E-state index contributed by atoms with van der Waals surface area (Å²) >= 11 is 0. The Kier molecular flexibility index (Phi) is 5.44. The molecule has 1 aliphatic rings. The first kappa shape index (κ1) is 22.1. The number of aryl methyl sites for hydroxylation is 1. The Balaban J connectivity index is 1.73. The predicted molar refractivity (Wildman–Crippen MR) is 129 cm³/mol. The second-order valence-corrected chi connectivity index (χ2v) is 8.07. The van der Waals surface area contributed by atoms with Gasteiger partial charge in [-0.3, -0.25) is 19.5 Å². The third kappa shape index (κ3) is 3.67. The Morgan fingerprint density at radius 3 is 2.60 bits per heavy atom. The summed E-state index contributed by atoms with van der Waals surface area (Å²) in [6, 6.07) is 14.6. The molecule has 2 N–H and O–H groups in total. The molecule has 9 nitrogen and oxygen atoms in total. The van der Waals surface area contributed by atoms with Crippen LogP contribution in [0.5, 0.6) is 11.5 Å². The number of rotatable bonds is 5. The van der Waals surface area contributed by atoms with Crippen molar-refractivity contribution in [2.75, 3.05) is 19.1 Å². The van der Waals surface area contributed by atoms with Crippen molar-refractivity contribution >= 4 is 34.4 Å². The van der Waals surface area contributed by atoms with Gasteiger partial charge in [-0.25, -0.2) is 4.98 Å². The normalized spacial score (nSPS) is 17.2. The number of ketones is 1. The van der Waals surface area contributed by atoms with E-state index in [-0.39, 0.29) is 28.6 Å². The molecule has 176 valence electrons. The van der Waals surface area contributed by atoms with Crippen molar-refractivity contribution in [3.05, 3.63) is 83.2 Å². The van der Waals surface area contributed by atoms with Gasteiger partial charge >= 0.3 is 5.91 Å². The molecule has 1 unspecified atom stereocenters. The van der Waals surface area contributed by atoms with E-state index in [2.05, 4.69) is 15.0 Å². The maximum absolute atomic E-state index is 13.3. The number of carbonyl (C=O) groups is 2. The third-order valence-corrected chi connectivity index (χ3v) is 5.93. The van der Waals surface area contributed by atoms with E-state index in [9.17, 15) is 14.7 Å². The highest BCUT2D eigenvalue weighted by molar-refractivity contribution is 6.51. The van der Waals surface area contributed by atoms with E-state index < -0.39 is 17.7 Å². The summed E-state index contributed by atoms with van der Waals surface area (Å²) in [5.41, 5.74) is 2.91. The highest BCUT2D eigenvalue weighted by atomic mass is 16.5. The van der Waals surface area contributed by atoms with E-state index in [1.54, 1.807) is 42.6 Å². The fraction of sp³-hybridized carbons (Fsp3) is 0.154. The number of nitrogens with zero attached hydrogens (tertiary/aromatic N) is 3. The standard InChI is InChI=1S/C26H22N4O5/c1-14-7-10-17-19(12-14)29-26(28-17)30-22(18-6-4-5-11-27-18)21(24(32)25(30)33)23(31)16-9-8-15(34-2)13-20(16)35-3/h4-13,22,31H,1-3H3,(H,28,29)/b23-21+. The smallest absolute Gasteiger partial charge is 0.302 e. The Morgan fingerprint density at radius 1 is 1.06 bits per heavy atom. The summed E-state index contributed by atoms with van der Waals surface area (Å²) in [6.45, 7) is 1.95. The molecule has 35 heavy (non-hydrogen) atoms. The number of imidazole rings is 1. The molecule has 1 amide bonds. The van der Waals surface area contributed by atoms with E-state index in [4.69, 9.17) is 9.47 Å². The maximum Gasteiger partial charge on any atom is 0.302 e. The molecule has 0 aliphatic carbocycles. The van der Waals surface area contributed by atoms with Crippen LogP contribution in [0, 0.1) is 6.92 Å². The van der Waals surface area contributed by atoms with Crippen LogP contribution in [-0.2, 0) is 9.59 Å². The first-order valence-corrected chi connectivity index (χ1v) is 10.8. The van der Waals surface area contributed by atoms with Gasteiger partial charge in [0.1, 0.15) is 23.3 Å². The average Bonchev–Trinajstić information content (AvgIpc) is 3.41. The van der Waals surface area contributed by atoms with E-state index in [1.807, 2.05) is 25.1 Å². The molecule has 5 rings (SSSR count). The largest absolute Gasteiger partial charge is 0.507 e. The molecule has 0 radical (unpaired) electrons. The Bertz CT molecular complexity index is 1490. The number of pyridine rings is 1. The number of ether oxygens (including phenoxy) is 2. The van der Waals surface area contributed by atoms with Gasteiger partial charge in [-0.1, -0.05) is 12.1 Å². The minimum Gasteiger partial charge on any atom is -0.507 e. The third-order valence-electron chi connectivity index (χ3n) is 5.93. The van der Waals surface area contributed by atoms with Crippen molar-refractivity contribution in [3.63, 3.8) is 0 Å². The zero-order valence-corrected chi connectivity index (χ0v) is 19.3. The van der Waals surface area contributed by atoms with Gasteiger partial charge in [0.2, 0.25) is 5.95 Å². The molecule has 4 aromatic rings. The number of aliphatic hydroxyl groups is 1. The van der Waals surface area contributed by atoms with E-state index in [1.165, 1.54) is 19.1 Å². The fourth-order valence-electron chi connectivity index (χ4n) is 4.23.